The van der Waals surface area contributed by atoms with Crippen LogP contribution in [0, 0.1) is 0 Å². The molecule has 0 bridgehead atoms. The average Bonchev–Trinajstić information content (AvgIpc) is 3.15. The number of aromatic nitrogens is 2. The first-order valence-electron chi connectivity index (χ1n) is 6.84. The van der Waals surface area contributed by atoms with Crippen molar-refractivity contribution in [3.05, 3.63) is 47.3 Å². The number of rotatable bonds is 5. The van der Waals surface area contributed by atoms with E-state index in [4.69, 9.17) is 4.74 Å². The van der Waals surface area contributed by atoms with E-state index in [9.17, 15) is 0 Å². The van der Waals surface area contributed by atoms with Crippen LogP contribution in [0.2, 0.25) is 0 Å². The summed E-state index contributed by atoms with van der Waals surface area (Å²) in [5.41, 5.74) is 2.94. The lowest BCUT2D eigenvalue weighted by Crippen LogP contribution is -2.27. The molecule has 0 aliphatic carbocycles. The molecule has 0 radical (unpaired) electrons. The number of hydrogen-bond acceptors (Lipinski definition) is 5. The van der Waals surface area contributed by atoms with Gasteiger partial charge < -0.3 is 9.64 Å². The van der Waals surface area contributed by atoms with E-state index < -0.39 is 0 Å². The van der Waals surface area contributed by atoms with Gasteiger partial charge in [0, 0.05) is 30.7 Å². The Kier molecular flexibility index (Phi) is 3.97. The molecule has 104 valence electrons. The van der Waals surface area contributed by atoms with Crippen molar-refractivity contribution in [1.82, 2.24) is 9.97 Å². The van der Waals surface area contributed by atoms with Gasteiger partial charge in [0.1, 0.15) is 0 Å². The number of ether oxygens (including phenoxy) is 1. The summed E-state index contributed by atoms with van der Waals surface area (Å²) in [5.74, 6) is 0.908. The average molecular weight is 287 g/mol. The van der Waals surface area contributed by atoms with Gasteiger partial charge in [0.15, 0.2) is 12.0 Å². The zero-order valence-electron chi connectivity index (χ0n) is 11.4. The van der Waals surface area contributed by atoms with Crippen LogP contribution in [0.15, 0.2) is 42.4 Å². The normalized spacial score (nSPS) is 17.9. The molecule has 0 aromatic carbocycles. The Morgan fingerprint density at radius 2 is 2.15 bits per heavy atom. The Morgan fingerprint density at radius 1 is 1.30 bits per heavy atom. The van der Waals surface area contributed by atoms with Crippen LogP contribution in [0.25, 0.3) is 5.76 Å². The Morgan fingerprint density at radius 3 is 2.85 bits per heavy atom. The fraction of sp³-hybridized carbons (Fsp3) is 0.333. The van der Waals surface area contributed by atoms with Gasteiger partial charge in [-0.1, -0.05) is 13.3 Å². The summed E-state index contributed by atoms with van der Waals surface area (Å²) < 4.78 is 6.11. The summed E-state index contributed by atoms with van der Waals surface area (Å²) >= 11 is 1.60. The van der Waals surface area contributed by atoms with Gasteiger partial charge in [-0.15, -0.1) is 11.3 Å². The van der Waals surface area contributed by atoms with E-state index in [-0.39, 0.29) is 6.23 Å². The lowest BCUT2D eigenvalue weighted by atomic mass is 10.2. The summed E-state index contributed by atoms with van der Waals surface area (Å²) in [6.45, 7) is 2.20. The molecule has 1 unspecified atom stereocenters. The fourth-order valence-electron chi connectivity index (χ4n) is 2.24. The SMILES string of the molecule is CCCCC1OC(c2cncs2)=CN1c1ccncc1. The maximum atomic E-state index is 6.11. The number of nitrogens with zero attached hydrogens (tertiary/aromatic N) is 3. The van der Waals surface area contributed by atoms with Gasteiger partial charge in [0.25, 0.3) is 0 Å². The molecule has 5 heteroatoms. The van der Waals surface area contributed by atoms with E-state index >= 15 is 0 Å². The van der Waals surface area contributed by atoms with Gasteiger partial charge in [-0.3, -0.25) is 9.97 Å². The highest BCUT2D eigenvalue weighted by Crippen LogP contribution is 2.34. The van der Waals surface area contributed by atoms with Crippen molar-refractivity contribution in [2.45, 2.75) is 32.4 Å². The first-order valence-corrected chi connectivity index (χ1v) is 7.72. The topological polar surface area (TPSA) is 38.2 Å². The molecule has 3 rings (SSSR count). The molecule has 1 aliphatic heterocycles. The van der Waals surface area contributed by atoms with E-state index in [0.717, 1.165) is 29.2 Å². The third-order valence-electron chi connectivity index (χ3n) is 3.27. The molecule has 0 spiro atoms. The summed E-state index contributed by atoms with van der Waals surface area (Å²) in [7, 11) is 0. The van der Waals surface area contributed by atoms with Crippen LogP contribution in [-0.2, 0) is 4.74 Å². The maximum absolute atomic E-state index is 6.11. The molecule has 0 amide bonds. The van der Waals surface area contributed by atoms with Crippen molar-refractivity contribution in [3.63, 3.8) is 0 Å². The van der Waals surface area contributed by atoms with E-state index in [1.807, 2.05) is 36.2 Å². The van der Waals surface area contributed by atoms with E-state index in [0.29, 0.717) is 0 Å². The second-order valence-electron chi connectivity index (χ2n) is 4.69. The fourth-order valence-corrected chi connectivity index (χ4v) is 2.81. The van der Waals surface area contributed by atoms with Crippen LogP contribution >= 0.6 is 11.3 Å². The number of hydrogen-bond donors (Lipinski definition) is 0. The van der Waals surface area contributed by atoms with E-state index in [1.165, 1.54) is 6.42 Å². The summed E-state index contributed by atoms with van der Waals surface area (Å²) in [6, 6.07) is 4.02. The minimum atomic E-state index is 0.0643. The monoisotopic (exact) mass is 287 g/mol. The van der Waals surface area contributed by atoms with Crippen molar-refractivity contribution in [2.24, 2.45) is 0 Å². The maximum Gasteiger partial charge on any atom is 0.176 e. The predicted octanol–water partition coefficient (Wildman–Crippen LogP) is 3.89. The smallest absolute Gasteiger partial charge is 0.176 e. The molecule has 2 aromatic rings. The van der Waals surface area contributed by atoms with Gasteiger partial charge in [0.2, 0.25) is 0 Å². The summed E-state index contributed by atoms with van der Waals surface area (Å²) in [5, 5.41) is 0. The molecule has 1 aliphatic rings. The molecule has 3 heterocycles. The summed E-state index contributed by atoms with van der Waals surface area (Å²) in [6.07, 6.45) is 10.9. The van der Waals surface area contributed by atoms with Gasteiger partial charge in [-0.05, 0) is 18.6 Å². The van der Waals surface area contributed by atoms with Crippen LogP contribution < -0.4 is 4.90 Å². The molecule has 1 atom stereocenters. The van der Waals surface area contributed by atoms with Crippen molar-refractivity contribution in [1.29, 1.82) is 0 Å². The third kappa shape index (κ3) is 2.67. The van der Waals surface area contributed by atoms with Gasteiger partial charge in [-0.25, -0.2) is 0 Å². The van der Waals surface area contributed by atoms with Crippen LogP contribution in [0.5, 0.6) is 0 Å². The zero-order valence-corrected chi connectivity index (χ0v) is 12.2. The molecule has 0 N–H and O–H groups in total. The molecular weight excluding hydrogens is 270 g/mol. The van der Waals surface area contributed by atoms with Crippen LogP contribution in [-0.4, -0.2) is 16.2 Å². The second-order valence-corrected chi connectivity index (χ2v) is 5.57. The van der Waals surface area contributed by atoms with Crippen molar-refractivity contribution >= 4 is 22.8 Å². The van der Waals surface area contributed by atoms with Gasteiger partial charge >= 0.3 is 0 Å². The zero-order chi connectivity index (χ0) is 13.8. The first-order chi connectivity index (χ1) is 9.88. The van der Waals surface area contributed by atoms with E-state index in [1.54, 1.807) is 11.3 Å². The molecule has 0 saturated carbocycles. The van der Waals surface area contributed by atoms with Crippen LogP contribution in [0.3, 0.4) is 0 Å². The highest BCUT2D eigenvalue weighted by atomic mass is 32.1. The number of thiazole rings is 1. The number of anilines is 1. The highest BCUT2D eigenvalue weighted by Gasteiger charge is 2.27. The Labute approximate surface area is 122 Å². The van der Waals surface area contributed by atoms with E-state index in [2.05, 4.69) is 28.0 Å². The standard InChI is InChI=1S/C15H17N3OS/c1-2-3-4-15-18(12-5-7-16-8-6-12)10-13(19-15)14-9-17-11-20-14/h5-11,15H,2-4H2,1H3. The minimum Gasteiger partial charge on any atom is -0.467 e. The van der Waals surface area contributed by atoms with Gasteiger partial charge in [0.05, 0.1) is 16.6 Å². The van der Waals surface area contributed by atoms with Crippen molar-refractivity contribution in [2.75, 3.05) is 4.90 Å². The molecule has 20 heavy (non-hydrogen) atoms. The second kappa shape index (κ2) is 6.05. The van der Waals surface area contributed by atoms with Crippen LogP contribution in [0.4, 0.5) is 5.69 Å². The lowest BCUT2D eigenvalue weighted by Gasteiger charge is -2.24. The first kappa shape index (κ1) is 13.1. The Balaban J connectivity index is 1.86. The lowest BCUT2D eigenvalue weighted by molar-refractivity contribution is 0.179. The van der Waals surface area contributed by atoms with Crippen molar-refractivity contribution < 1.29 is 4.74 Å². The summed E-state index contributed by atoms with van der Waals surface area (Å²) in [4.78, 5) is 11.5. The van der Waals surface area contributed by atoms with Gasteiger partial charge in [-0.2, -0.15) is 0 Å². The molecule has 4 nitrogen and oxygen atoms in total. The highest BCUT2D eigenvalue weighted by molar-refractivity contribution is 7.10. The largest absolute Gasteiger partial charge is 0.467 e. The predicted molar refractivity (Wildman–Crippen MR) is 81.2 cm³/mol. The molecule has 2 aromatic heterocycles. The Bertz CT molecular complexity index is 568. The Hall–Kier alpha value is -1.88. The third-order valence-corrected chi connectivity index (χ3v) is 4.06. The quantitative estimate of drug-likeness (QED) is 0.836. The molecule has 0 fully saturated rings. The molecular formula is C15H17N3OS. The van der Waals surface area contributed by atoms with Crippen molar-refractivity contribution in [3.8, 4) is 0 Å². The van der Waals surface area contributed by atoms with Crippen LogP contribution in [0.1, 0.15) is 31.1 Å². The number of pyridine rings is 1. The molecule has 0 saturated heterocycles. The number of unbranched alkanes of at least 4 members (excludes halogenated alkanes) is 1. The minimum absolute atomic E-state index is 0.0643.